The van der Waals surface area contributed by atoms with E-state index in [0.717, 1.165) is 11.3 Å². The summed E-state index contributed by atoms with van der Waals surface area (Å²) in [7, 11) is 5.14. The van der Waals surface area contributed by atoms with Gasteiger partial charge in [-0.25, -0.2) is 4.39 Å². The molecule has 1 atom stereocenters. The van der Waals surface area contributed by atoms with Crippen molar-refractivity contribution in [3.8, 4) is 0 Å². The zero-order chi connectivity index (χ0) is 18.4. The first kappa shape index (κ1) is 19.6. The van der Waals surface area contributed by atoms with E-state index in [4.69, 9.17) is 27.9 Å². The van der Waals surface area contributed by atoms with Crippen LogP contribution in [0.3, 0.4) is 0 Å². The molecule has 1 aromatic carbocycles. The highest BCUT2D eigenvalue weighted by molar-refractivity contribution is 6.41. The average Bonchev–Trinajstić information content (AvgIpc) is 2.86. The second-order valence-corrected chi connectivity index (χ2v) is 6.18. The fourth-order valence-corrected chi connectivity index (χ4v) is 2.77. The van der Waals surface area contributed by atoms with Crippen LogP contribution in [0.15, 0.2) is 35.3 Å². The quantitative estimate of drug-likeness (QED) is 0.589. The van der Waals surface area contributed by atoms with Crippen molar-refractivity contribution in [2.24, 2.45) is 12.0 Å². The molecule has 1 unspecified atom stereocenters. The maximum absolute atomic E-state index is 13.0. The fraction of sp³-hybridized carbons (Fsp3) is 0.353. The zero-order valence-electron chi connectivity index (χ0n) is 14.3. The summed E-state index contributed by atoms with van der Waals surface area (Å²) in [6.45, 7) is 0.993. The summed E-state index contributed by atoms with van der Waals surface area (Å²) in [4.78, 5) is 4.18. The molecule has 136 valence electrons. The van der Waals surface area contributed by atoms with Gasteiger partial charge in [-0.15, -0.1) is 0 Å². The van der Waals surface area contributed by atoms with Gasteiger partial charge in [-0.05, 0) is 23.8 Å². The molecule has 8 heteroatoms. The van der Waals surface area contributed by atoms with Crippen LogP contribution in [-0.4, -0.2) is 31.2 Å². The van der Waals surface area contributed by atoms with E-state index in [-0.39, 0.29) is 11.9 Å². The Morgan fingerprint density at radius 2 is 1.96 bits per heavy atom. The first-order chi connectivity index (χ1) is 12.0. The Kier molecular flexibility index (Phi) is 7.11. The minimum Gasteiger partial charge on any atom is -0.375 e. The largest absolute Gasteiger partial charge is 0.375 e. The van der Waals surface area contributed by atoms with Crippen molar-refractivity contribution in [1.82, 2.24) is 15.2 Å². The molecule has 0 aliphatic heterocycles. The van der Waals surface area contributed by atoms with E-state index in [2.05, 4.69) is 15.6 Å². The topological polar surface area (TPSA) is 50.6 Å². The third-order valence-electron chi connectivity index (χ3n) is 3.86. The van der Waals surface area contributed by atoms with E-state index in [1.165, 1.54) is 12.1 Å². The average molecular weight is 387 g/mol. The third-order valence-corrected chi connectivity index (χ3v) is 4.70. The van der Waals surface area contributed by atoms with Crippen LogP contribution in [0.2, 0.25) is 10.2 Å². The molecule has 2 aromatic rings. The molecular weight excluding hydrogens is 366 g/mol. The number of ether oxygens (including phenoxy) is 1. The molecule has 0 fully saturated rings. The number of methoxy groups -OCH3 is 1. The van der Waals surface area contributed by atoms with Crippen molar-refractivity contribution in [3.63, 3.8) is 0 Å². The lowest BCUT2D eigenvalue weighted by molar-refractivity contribution is 0.106. The molecule has 0 saturated carbocycles. The van der Waals surface area contributed by atoms with Gasteiger partial charge in [-0.1, -0.05) is 35.3 Å². The maximum atomic E-state index is 13.0. The van der Waals surface area contributed by atoms with E-state index >= 15 is 0 Å². The van der Waals surface area contributed by atoms with Crippen molar-refractivity contribution in [2.75, 3.05) is 20.7 Å². The predicted molar refractivity (Wildman–Crippen MR) is 99.8 cm³/mol. The lowest BCUT2D eigenvalue weighted by Crippen LogP contribution is -2.39. The summed E-state index contributed by atoms with van der Waals surface area (Å²) in [5, 5.41) is 7.39. The minimum absolute atomic E-state index is 0.224. The van der Waals surface area contributed by atoms with Crippen LogP contribution < -0.4 is 10.6 Å². The Labute approximate surface area is 156 Å². The number of hydrogen-bond acceptors (Lipinski definition) is 2. The number of aromatic nitrogens is 1. The summed E-state index contributed by atoms with van der Waals surface area (Å²) in [6, 6.07) is 8.04. The van der Waals surface area contributed by atoms with Crippen LogP contribution in [0.4, 0.5) is 4.39 Å². The molecule has 1 heterocycles. The highest BCUT2D eigenvalue weighted by atomic mass is 35.5. The number of rotatable bonds is 6. The van der Waals surface area contributed by atoms with Gasteiger partial charge in [0.15, 0.2) is 5.96 Å². The maximum Gasteiger partial charge on any atom is 0.191 e. The van der Waals surface area contributed by atoms with E-state index in [1.54, 1.807) is 36.9 Å². The number of nitrogens with zero attached hydrogens (tertiary/aromatic N) is 2. The molecular formula is C17H21Cl2FN4O. The van der Waals surface area contributed by atoms with E-state index < -0.39 is 0 Å². The van der Waals surface area contributed by atoms with Crippen LogP contribution in [0, 0.1) is 5.82 Å². The Morgan fingerprint density at radius 3 is 2.48 bits per heavy atom. The molecule has 0 radical (unpaired) electrons. The van der Waals surface area contributed by atoms with E-state index in [1.807, 2.05) is 7.05 Å². The van der Waals surface area contributed by atoms with Gasteiger partial charge in [0.05, 0.1) is 17.7 Å². The fourth-order valence-electron chi connectivity index (χ4n) is 2.36. The van der Waals surface area contributed by atoms with Crippen LogP contribution in [0.1, 0.15) is 17.4 Å². The third kappa shape index (κ3) is 5.11. The summed E-state index contributed by atoms with van der Waals surface area (Å²) in [6.07, 6.45) is -0.224. The Hall–Kier alpha value is -1.76. The smallest absolute Gasteiger partial charge is 0.191 e. The lowest BCUT2D eigenvalue weighted by atomic mass is 10.1. The van der Waals surface area contributed by atoms with Crippen molar-refractivity contribution < 1.29 is 9.13 Å². The SMILES string of the molecule is CN=C(NCc1cc(Cl)c(Cl)n1C)NCC(OC)c1ccc(F)cc1. The van der Waals surface area contributed by atoms with Gasteiger partial charge in [0.1, 0.15) is 11.0 Å². The van der Waals surface area contributed by atoms with Gasteiger partial charge in [0.25, 0.3) is 0 Å². The zero-order valence-corrected chi connectivity index (χ0v) is 15.8. The van der Waals surface area contributed by atoms with Crippen LogP contribution >= 0.6 is 23.2 Å². The highest BCUT2D eigenvalue weighted by Crippen LogP contribution is 2.24. The van der Waals surface area contributed by atoms with Gasteiger partial charge in [-0.2, -0.15) is 0 Å². The first-order valence-corrected chi connectivity index (χ1v) is 8.44. The summed E-state index contributed by atoms with van der Waals surface area (Å²) in [5.74, 6) is 0.335. The number of guanidine groups is 1. The standard InChI is InChI=1S/C17H21Cl2FN4O/c1-21-17(22-9-13-8-14(18)16(19)24(13)2)23-10-15(25-3)11-4-6-12(20)7-5-11/h4-8,15H,9-10H2,1-3H3,(H2,21,22,23). The summed E-state index contributed by atoms with van der Waals surface area (Å²) < 4.78 is 20.3. The molecule has 1 aromatic heterocycles. The van der Waals surface area contributed by atoms with Gasteiger partial charge >= 0.3 is 0 Å². The van der Waals surface area contributed by atoms with Crippen LogP contribution in [0.5, 0.6) is 0 Å². The van der Waals surface area contributed by atoms with Crippen LogP contribution in [0.25, 0.3) is 0 Å². The molecule has 0 saturated heterocycles. The van der Waals surface area contributed by atoms with E-state index in [9.17, 15) is 4.39 Å². The molecule has 0 amide bonds. The molecule has 0 aliphatic carbocycles. The Bertz CT molecular complexity index is 731. The van der Waals surface area contributed by atoms with Gasteiger partial charge in [0, 0.05) is 33.4 Å². The van der Waals surface area contributed by atoms with Crippen molar-refractivity contribution in [2.45, 2.75) is 12.6 Å². The monoisotopic (exact) mass is 386 g/mol. The van der Waals surface area contributed by atoms with Gasteiger partial charge in [0.2, 0.25) is 0 Å². The summed E-state index contributed by atoms with van der Waals surface area (Å²) >= 11 is 12.1. The second-order valence-electron chi connectivity index (χ2n) is 5.42. The summed E-state index contributed by atoms with van der Waals surface area (Å²) in [5.41, 5.74) is 1.81. The molecule has 2 N–H and O–H groups in total. The predicted octanol–water partition coefficient (Wildman–Crippen LogP) is 3.52. The molecule has 25 heavy (non-hydrogen) atoms. The molecule has 5 nitrogen and oxygen atoms in total. The second kappa shape index (κ2) is 9.08. The first-order valence-electron chi connectivity index (χ1n) is 7.68. The minimum atomic E-state index is -0.274. The number of hydrogen-bond donors (Lipinski definition) is 2. The highest BCUT2D eigenvalue weighted by Gasteiger charge is 2.12. The number of halogens is 3. The molecule has 0 bridgehead atoms. The van der Waals surface area contributed by atoms with Gasteiger partial charge < -0.3 is 19.9 Å². The normalized spacial score (nSPS) is 13.0. The molecule has 2 rings (SSSR count). The number of nitrogens with one attached hydrogen (secondary N) is 2. The van der Waals surface area contributed by atoms with E-state index in [0.29, 0.717) is 29.2 Å². The Morgan fingerprint density at radius 1 is 1.28 bits per heavy atom. The van der Waals surface area contributed by atoms with Crippen molar-refractivity contribution in [1.29, 1.82) is 0 Å². The number of benzene rings is 1. The molecule has 0 aliphatic rings. The lowest BCUT2D eigenvalue weighted by Gasteiger charge is -2.19. The Balaban J connectivity index is 1.92. The molecule has 0 spiro atoms. The van der Waals surface area contributed by atoms with Crippen LogP contribution in [-0.2, 0) is 18.3 Å². The van der Waals surface area contributed by atoms with Gasteiger partial charge in [-0.3, -0.25) is 4.99 Å². The van der Waals surface area contributed by atoms with Crippen molar-refractivity contribution in [3.05, 3.63) is 57.6 Å². The van der Waals surface area contributed by atoms with Crippen molar-refractivity contribution >= 4 is 29.2 Å². The number of aliphatic imine (C=N–C) groups is 1.